The molecule has 0 amide bonds. The number of aryl methyl sites for hydroxylation is 1. The van der Waals surface area contributed by atoms with Crippen molar-refractivity contribution in [3.63, 3.8) is 0 Å². The van der Waals surface area contributed by atoms with Gasteiger partial charge in [-0.05, 0) is 12.8 Å². The topological polar surface area (TPSA) is 79.6 Å². The quantitative estimate of drug-likeness (QED) is 0.438. The molecule has 28 heavy (non-hydrogen) atoms. The fourth-order valence-corrected chi connectivity index (χ4v) is 3.87. The van der Waals surface area contributed by atoms with Crippen LogP contribution in [0.2, 0.25) is 0 Å². The Balaban J connectivity index is 1.96. The molecule has 1 aromatic rings. The van der Waals surface area contributed by atoms with Crippen molar-refractivity contribution < 1.29 is 4.74 Å². The van der Waals surface area contributed by atoms with E-state index in [0.717, 1.165) is 70.7 Å². The number of morpholine rings is 1. The van der Waals surface area contributed by atoms with Crippen LogP contribution in [-0.4, -0.2) is 77.6 Å². The third-order valence-electron chi connectivity index (χ3n) is 5.55. The molecule has 1 unspecified atom stereocenters. The van der Waals surface area contributed by atoms with E-state index in [-0.39, 0.29) is 0 Å². The van der Waals surface area contributed by atoms with Crippen LogP contribution >= 0.6 is 0 Å². The van der Waals surface area contributed by atoms with E-state index in [4.69, 9.17) is 9.73 Å². The highest BCUT2D eigenvalue weighted by molar-refractivity contribution is 5.79. The van der Waals surface area contributed by atoms with Gasteiger partial charge < -0.3 is 19.9 Å². The molecule has 0 bridgehead atoms. The zero-order chi connectivity index (χ0) is 20.2. The van der Waals surface area contributed by atoms with E-state index in [0.29, 0.717) is 12.0 Å². The summed E-state index contributed by atoms with van der Waals surface area (Å²) >= 11 is 0. The van der Waals surface area contributed by atoms with Crippen molar-refractivity contribution in [1.82, 2.24) is 30.3 Å². The first-order chi connectivity index (χ1) is 13.7. The number of nitrogens with one attached hydrogen (secondary N) is 2. The van der Waals surface area contributed by atoms with Gasteiger partial charge in [0.15, 0.2) is 5.96 Å². The van der Waals surface area contributed by atoms with Gasteiger partial charge in [-0.15, -0.1) is 10.2 Å². The molecule has 0 spiro atoms. The lowest BCUT2D eigenvalue weighted by atomic mass is 9.92. The smallest absolute Gasteiger partial charge is 0.191 e. The summed E-state index contributed by atoms with van der Waals surface area (Å²) in [6.07, 6.45) is 5.06. The average molecular weight is 394 g/mol. The number of aromatic nitrogens is 3. The Bertz CT molecular complexity index is 565. The first kappa shape index (κ1) is 22.6. The molecule has 8 nitrogen and oxygen atoms in total. The Morgan fingerprint density at radius 1 is 1.18 bits per heavy atom. The molecule has 2 rings (SSSR count). The molecule has 1 aliphatic heterocycles. The van der Waals surface area contributed by atoms with Crippen molar-refractivity contribution in [2.75, 3.05) is 45.9 Å². The van der Waals surface area contributed by atoms with Crippen molar-refractivity contribution in [2.24, 2.45) is 10.9 Å². The fourth-order valence-electron chi connectivity index (χ4n) is 3.87. The Hall–Kier alpha value is -1.67. The molecule has 0 radical (unpaired) electrons. The molecular formula is C20H39N7O. The monoisotopic (exact) mass is 393 g/mol. The standard InChI is InChI=1S/C20H39N7O/c1-5-17(6-2)18(26-11-13-28-14-12-26)15-23-20(21-8-4)22-9-10-27-16-24-25-19(27)7-3/h16-18H,5-15H2,1-4H3,(H2,21,22,23). The molecule has 0 aromatic carbocycles. The van der Waals surface area contributed by atoms with Crippen LogP contribution in [0.1, 0.15) is 46.4 Å². The van der Waals surface area contributed by atoms with E-state index >= 15 is 0 Å². The minimum atomic E-state index is 0.471. The maximum atomic E-state index is 5.55. The van der Waals surface area contributed by atoms with Gasteiger partial charge in [0.2, 0.25) is 0 Å². The second-order valence-electron chi connectivity index (χ2n) is 7.23. The molecule has 0 saturated carbocycles. The number of nitrogens with zero attached hydrogens (tertiary/aromatic N) is 5. The summed E-state index contributed by atoms with van der Waals surface area (Å²) in [7, 11) is 0. The van der Waals surface area contributed by atoms with Crippen LogP contribution in [-0.2, 0) is 17.7 Å². The largest absolute Gasteiger partial charge is 0.379 e. The second-order valence-corrected chi connectivity index (χ2v) is 7.23. The van der Waals surface area contributed by atoms with Crippen LogP contribution in [0.3, 0.4) is 0 Å². The van der Waals surface area contributed by atoms with Gasteiger partial charge in [0, 0.05) is 45.2 Å². The van der Waals surface area contributed by atoms with Crippen molar-refractivity contribution in [3.8, 4) is 0 Å². The predicted octanol–water partition coefficient (Wildman–Crippen LogP) is 1.53. The van der Waals surface area contributed by atoms with Crippen molar-refractivity contribution in [3.05, 3.63) is 12.2 Å². The van der Waals surface area contributed by atoms with E-state index < -0.39 is 0 Å². The van der Waals surface area contributed by atoms with E-state index in [1.165, 1.54) is 12.8 Å². The number of hydrogen-bond acceptors (Lipinski definition) is 5. The minimum Gasteiger partial charge on any atom is -0.379 e. The number of aliphatic imine (C=N–C) groups is 1. The lowest BCUT2D eigenvalue weighted by Gasteiger charge is -2.38. The van der Waals surface area contributed by atoms with Gasteiger partial charge in [-0.1, -0.05) is 33.6 Å². The summed E-state index contributed by atoms with van der Waals surface area (Å²) in [5, 5.41) is 15.0. The first-order valence-corrected chi connectivity index (χ1v) is 10.9. The zero-order valence-corrected chi connectivity index (χ0v) is 18.2. The van der Waals surface area contributed by atoms with Gasteiger partial charge in [0.1, 0.15) is 12.2 Å². The lowest BCUT2D eigenvalue weighted by Crippen LogP contribution is -2.49. The molecule has 1 fully saturated rings. The molecular weight excluding hydrogens is 354 g/mol. The van der Waals surface area contributed by atoms with E-state index in [9.17, 15) is 0 Å². The van der Waals surface area contributed by atoms with Gasteiger partial charge in [-0.2, -0.15) is 0 Å². The highest BCUT2D eigenvalue weighted by Gasteiger charge is 2.26. The molecule has 1 aromatic heterocycles. The Morgan fingerprint density at radius 3 is 2.57 bits per heavy atom. The van der Waals surface area contributed by atoms with Gasteiger partial charge >= 0.3 is 0 Å². The lowest BCUT2D eigenvalue weighted by molar-refractivity contribution is 0.00395. The molecule has 160 valence electrons. The molecule has 8 heteroatoms. The Morgan fingerprint density at radius 2 is 1.93 bits per heavy atom. The maximum Gasteiger partial charge on any atom is 0.191 e. The van der Waals surface area contributed by atoms with Crippen molar-refractivity contribution in [2.45, 2.75) is 59.5 Å². The van der Waals surface area contributed by atoms with Gasteiger partial charge in [0.05, 0.1) is 19.8 Å². The number of rotatable bonds is 11. The number of ether oxygens (including phenoxy) is 1. The van der Waals surface area contributed by atoms with Crippen LogP contribution in [0.15, 0.2) is 11.3 Å². The molecule has 1 atom stereocenters. The predicted molar refractivity (Wildman–Crippen MR) is 114 cm³/mol. The zero-order valence-electron chi connectivity index (χ0n) is 18.2. The third-order valence-corrected chi connectivity index (χ3v) is 5.55. The molecule has 2 N–H and O–H groups in total. The second kappa shape index (κ2) is 12.7. The molecule has 0 aliphatic carbocycles. The van der Waals surface area contributed by atoms with Crippen LogP contribution in [0.25, 0.3) is 0 Å². The Kier molecular flexibility index (Phi) is 10.3. The van der Waals surface area contributed by atoms with Crippen LogP contribution in [0.5, 0.6) is 0 Å². The summed E-state index contributed by atoms with van der Waals surface area (Å²) in [6.45, 7) is 15.8. The number of hydrogen-bond donors (Lipinski definition) is 2. The SMILES string of the molecule is CCNC(=NCC(C(CC)CC)N1CCOCC1)NCCn1cnnc1CC. The van der Waals surface area contributed by atoms with Crippen LogP contribution < -0.4 is 10.6 Å². The minimum absolute atomic E-state index is 0.471. The fraction of sp³-hybridized carbons (Fsp3) is 0.850. The molecule has 2 heterocycles. The van der Waals surface area contributed by atoms with Crippen molar-refractivity contribution in [1.29, 1.82) is 0 Å². The van der Waals surface area contributed by atoms with Crippen LogP contribution in [0, 0.1) is 5.92 Å². The summed E-state index contributed by atoms with van der Waals surface area (Å²) in [4.78, 5) is 7.51. The maximum absolute atomic E-state index is 5.55. The van der Waals surface area contributed by atoms with Gasteiger partial charge in [-0.25, -0.2) is 0 Å². The van der Waals surface area contributed by atoms with E-state index in [1.54, 1.807) is 6.33 Å². The average Bonchev–Trinajstić information content (AvgIpc) is 3.19. The van der Waals surface area contributed by atoms with Gasteiger partial charge in [-0.3, -0.25) is 9.89 Å². The number of guanidine groups is 1. The normalized spacial score (nSPS) is 17.1. The molecule has 1 saturated heterocycles. The van der Waals surface area contributed by atoms with E-state index in [1.807, 2.05) is 0 Å². The highest BCUT2D eigenvalue weighted by Crippen LogP contribution is 2.20. The summed E-state index contributed by atoms with van der Waals surface area (Å²) < 4.78 is 7.65. The van der Waals surface area contributed by atoms with E-state index in [2.05, 4.69) is 58.0 Å². The van der Waals surface area contributed by atoms with Gasteiger partial charge in [0.25, 0.3) is 0 Å². The summed E-state index contributed by atoms with van der Waals surface area (Å²) in [5.41, 5.74) is 0. The summed E-state index contributed by atoms with van der Waals surface area (Å²) in [5.74, 6) is 2.57. The van der Waals surface area contributed by atoms with Crippen molar-refractivity contribution >= 4 is 5.96 Å². The highest BCUT2D eigenvalue weighted by atomic mass is 16.5. The first-order valence-electron chi connectivity index (χ1n) is 10.9. The molecule has 1 aliphatic rings. The van der Waals surface area contributed by atoms with Crippen LogP contribution in [0.4, 0.5) is 0 Å². The Labute approximate surface area is 170 Å². The summed E-state index contributed by atoms with van der Waals surface area (Å²) in [6, 6.07) is 0.471. The third kappa shape index (κ3) is 6.74.